The van der Waals surface area contributed by atoms with Crippen LogP contribution in [0, 0.1) is 0 Å². The lowest BCUT2D eigenvalue weighted by molar-refractivity contribution is 0.0474. The number of pyridine rings is 1. The summed E-state index contributed by atoms with van der Waals surface area (Å²) in [5, 5.41) is 0.243. The van der Waals surface area contributed by atoms with Crippen molar-refractivity contribution in [3.63, 3.8) is 0 Å². The highest BCUT2D eigenvalue weighted by Crippen LogP contribution is 2.21. The number of esters is 1. The van der Waals surface area contributed by atoms with E-state index in [1.165, 1.54) is 46.9 Å². The number of benzene rings is 1. The van der Waals surface area contributed by atoms with E-state index in [9.17, 15) is 18.0 Å². The lowest BCUT2D eigenvalue weighted by Crippen LogP contribution is -2.35. The van der Waals surface area contributed by atoms with Gasteiger partial charge in [0.15, 0.2) is 12.4 Å². The first-order chi connectivity index (χ1) is 13.4. The van der Waals surface area contributed by atoms with E-state index in [1.54, 1.807) is 0 Å². The molecule has 1 fully saturated rings. The molecule has 1 aromatic carbocycles. The molecule has 1 aromatic heterocycles. The molecule has 28 heavy (non-hydrogen) atoms. The van der Waals surface area contributed by atoms with Gasteiger partial charge in [-0.25, -0.2) is 18.2 Å². The number of aromatic nitrogens is 1. The Morgan fingerprint density at radius 3 is 2.25 bits per heavy atom. The molecule has 3 rings (SSSR count). The van der Waals surface area contributed by atoms with E-state index >= 15 is 0 Å². The third kappa shape index (κ3) is 4.76. The SMILES string of the molecule is O=C(COC(=O)c1ccc(Cl)nc1)c1ccc(S(=O)(=O)N2CCCCC2)cc1. The molecule has 0 aliphatic carbocycles. The minimum absolute atomic E-state index is 0.148. The predicted octanol–water partition coefficient (Wildman–Crippen LogP) is 2.95. The number of ether oxygens (including phenoxy) is 1. The van der Waals surface area contributed by atoms with Gasteiger partial charge in [0.1, 0.15) is 5.15 Å². The lowest BCUT2D eigenvalue weighted by atomic mass is 10.1. The fourth-order valence-corrected chi connectivity index (χ4v) is 4.49. The number of piperidine rings is 1. The molecule has 9 heteroatoms. The average Bonchev–Trinajstić information content (AvgIpc) is 2.73. The van der Waals surface area contributed by atoms with E-state index in [4.69, 9.17) is 16.3 Å². The highest BCUT2D eigenvalue weighted by Gasteiger charge is 2.26. The number of rotatable bonds is 6. The number of nitrogens with zero attached hydrogens (tertiary/aromatic N) is 2. The number of carbonyl (C=O) groups is 2. The van der Waals surface area contributed by atoms with Gasteiger partial charge in [-0.1, -0.05) is 18.0 Å². The van der Waals surface area contributed by atoms with E-state index in [-0.39, 0.29) is 21.2 Å². The fourth-order valence-electron chi connectivity index (χ4n) is 2.86. The van der Waals surface area contributed by atoms with Crippen molar-refractivity contribution >= 4 is 33.4 Å². The molecule has 7 nitrogen and oxygen atoms in total. The summed E-state index contributed by atoms with van der Waals surface area (Å²) in [6.45, 7) is 0.566. The molecule has 0 atom stereocenters. The van der Waals surface area contributed by atoms with Crippen LogP contribution in [0.1, 0.15) is 40.0 Å². The molecule has 0 unspecified atom stereocenters. The van der Waals surface area contributed by atoms with Crippen molar-refractivity contribution in [3.8, 4) is 0 Å². The summed E-state index contributed by atoms with van der Waals surface area (Å²) in [7, 11) is -3.55. The van der Waals surface area contributed by atoms with Crippen LogP contribution in [0.5, 0.6) is 0 Å². The monoisotopic (exact) mass is 422 g/mol. The molecule has 1 saturated heterocycles. The Labute approximate surface area is 168 Å². The molecule has 2 heterocycles. The third-order valence-corrected chi connectivity index (χ3v) is 6.56. The maximum atomic E-state index is 12.6. The van der Waals surface area contributed by atoms with Gasteiger partial charge in [0.25, 0.3) is 0 Å². The minimum atomic E-state index is -3.55. The molecule has 0 radical (unpaired) electrons. The smallest absolute Gasteiger partial charge is 0.340 e. The third-order valence-electron chi connectivity index (χ3n) is 4.43. The summed E-state index contributed by atoms with van der Waals surface area (Å²) in [4.78, 5) is 28.1. The van der Waals surface area contributed by atoms with Crippen LogP contribution < -0.4 is 0 Å². The highest BCUT2D eigenvalue weighted by atomic mass is 35.5. The van der Waals surface area contributed by atoms with Gasteiger partial charge in [-0.3, -0.25) is 4.79 Å². The second kappa shape index (κ2) is 8.81. The Hall–Kier alpha value is -2.29. The van der Waals surface area contributed by atoms with Gasteiger partial charge in [0.05, 0.1) is 10.5 Å². The Morgan fingerprint density at radius 1 is 1.00 bits per heavy atom. The number of halogens is 1. The van der Waals surface area contributed by atoms with Gasteiger partial charge in [-0.15, -0.1) is 0 Å². The van der Waals surface area contributed by atoms with E-state index in [0.717, 1.165) is 19.3 Å². The van der Waals surface area contributed by atoms with Crippen molar-refractivity contribution in [1.82, 2.24) is 9.29 Å². The highest BCUT2D eigenvalue weighted by molar-refractivity contribution is 7.89. The molecular weight excluding hydrogens is 404 g/mol. The molecular formula is C19H19ClN2O5S. The standard InChI is InChI=1S/C19H19ClN2O5S/c20-18-9-6-15(12-21-18)19(24)27-13-17(23)14-4-7-16(8-5-14)28(25,26)22-10-2-1-3-11-22/h4-9,12H,1-3,10-11,13H2. The molecule has 1 aliphatic heterocycles. The Kier molecular flexibility index (Phi) is 6.43. The first-order valence-corrected chi connectivity index (χ1v) is 10.6. The fraction of sp³-hybridized carbons (Fsp3) is 0.316. The molecule has 0 saturated carbocycles. The maximum Gasteiger partial charge on any atom is 0.340 e. The zero-order valence-corrected chi connectivity index (χ0v) is 16.6. The number of hydrogen-bond donors (Lipinski definition) is 0. The number of sulfonamides is 1. The van der Waals surface area contributed by atoms with E-state index in [1.807, 2.05) is 0 Å². The van der Waals surface area contributed by atoms with Gasteiger partial charge >= 0.3 is 5.97 Å². The zero-order chi connectivity index (χ0) is 20.1. The van der Waals surface area contributed by atoms with Gasteiger partial charge in [0, 0.05) is 24.8 Å². The van der Waals surface area contributed by atoms with E-state index in [0.29, 0.717) is 13.1 Å². The lowest BCUT2D eigenvalue weighted by Gasteiger charge is -2.25. The number of hydrogen-bond acceptors (Lipinski definition) is 6. The van der Waals surface area contributed by atoms with Crippen molar-refractivity contribution in [1.29, 1.82) is 0 Å². The molecule has 2 aromatic rings. The van der Waals surface area contributed by atoms with E-state index in [2.05, 4.69) is 4.98 Å². The van der Waals surface area contributed by atoms with Crippen LogP contribution in [0.15, 0.2) is 47.5 Å². The normalized spacial score (nSPS) is 15.2. The molecule has 0 N–H and O–H groups in total. The molecule has 0 amide bonds. The van der Waals surface area contributed by atoms with Crippen molar-refractivity contribution in [2.75, 3.05) is 19.7 Å². The van der Waals surface area contributed by atoms with Gasteiger partial charge in [-0.2, -0.15) is 4.31 Å². The second-order valence-electron chi connectivity index (χ2n) is 6.36. The zero-order valence-electron chi connectivity index (χ0n) is 15.0. The summed E-state index contributed by atoms with van der Waals surface area (Å²) >= 11 is 5.66. The molecule has 1 aliphatic rings. The first kappa shape index (κ1) is 20.4. The number of Topliss-reactive ketones (excluding diaryl/α,β-unsaturated/α-hetero) is 1. The Bertz CT molecular complexity index is 953. The molecule has 0 spiro atoms. The quantitative estimate of drug-likeness (QED) is 0.403. The van der Waals surface area contributed by atoms with Crippen molar-refractivity contribution < 1.29 is 22.7 Å². The molecule has 148 valence electrons. The summed E-state index contributed by atoms with van der Waals surface area (Å²) in [6.07, 6.45) is 3.99. The van der Waals surface area contributed by atoms with Crippen LogP contribution in [0.3, 0.4) is 0 Å². The topological polar surface area (TPSA) is 93.6 Å². The summed E-state index contributed by atoms with van der Waals surface area (Å²) in [6, 6.07) is 8.56. The average molecular weight is 423 g/mol. The van der Waals surface area contributed by atoms with Crippen LogP contribution in [0.4, 0.5) is 0 Å². The maximum absolute atomic E-state index is 12.6. The first-order valence-electron chi connectivity index (χ1n) is 8.80. The van der Waals surface area contributed by atoms with Crippen molar-refractivity contribution in [3.05, 3.63) is 58.9 Å². The summed E-state index contributed by atoms with van der Waals surface area (Å²) in [5.41, 5.74) is 0.444. The summed E-state index contributed by atoms with van der Waals surface area (Å²) < 4.78 is 31.7. The van der Waals surface area contributed by atoms with Crippen molar-refractivity contribution in [2.24, 2.45) is 0 Å². The van der Waals surface area contributed by atoms with Crippen LogP contribution in [-0.2, 0) is 14.8 Å². The van der Waals surface area contributed by atoms with Crippen molar-refractivity contribution in [2.45, 2.75) is 24.2 Å². The van der Waals surface area contributed by atoms with Crippen LogP contribution >= 0.6 is 11.6 Å². The van der Waals surface area contributed by atoms with Crippen LogP contribution in [0.2, 0.25) is 5.15 Å². The summed E-state index contributed by atoms with van der Waals surface area (Å²) in [5.74, 6) is -1.13. The number of carbonyl (C=O) groups excluding carboxylic acids is 2. The Morgan fingerprint density at radius 2 is 1.64 bits per heavy atom. The largest absolute Gasteiger partial charge is 0.454 e. The van der Waals surface area contributed by atoms with Gasteiger partial charge < -0.3 is 4.74 Å². The van der Waals surface area contributed by atoms with Crippen LogP contribution in [0.25, 0.3) is 0 Å². The van der Waals surface area contributed by atoms with Crippen LogP contribution in [-0.4, -0.2) is 49.2 Å². The minimum Gasteiger partial charge on any atom is -0.454 e. The van der Waals surface area contributed by atoms with E-state index < -0.39 is 28.4 Å². The number of ketones is 1. The second-order valence-corrected chi connectivity index (χ2v) is 8.68. The van der Waals surface area contributed by atoms with Gasteiger partial charge in [0.2, 0.25) is 10.0 Å². The Balaban J connectivity index is 1.62. The van der Waals surface area contributed by atoms with Gasteiger partial charge in [-0.05, 0) is 49.2 Å². The molecule has 0 bridgehead atoms. The predicted molar refractivity (Wildman–Crippen MR) is 103 cm³/mol.